The molecule has 0 amide bonds. The van der Waals surface area contributed by atoms with Crippen molar-refractivity contribution in [1.82, 2.24) is 0 Å². The quantitative estimate of drug-likeness (QED) is 0.438. The molecule has 1 aliphatic heterocycles. The molecule has 0 bridgehead atoms. The summed E-state index contributed by atoms with van der Waals surface area (Å²) in [6, 6.07) is 0. The summed E-state index contributed by atoms with van der Waals surface area (Å²) in [5.74, 6) is -1.94. The van der Waals surface area contributed by atoms with Gasteiger partial charge >= 0.3 is 0 Å². The third-order valence-electron chi connectivity index (χ3n) is 2.64. The minimum atomic E-state index is -1.94. The van der Waals surface area contributed by atoms with Crippen molar-refractivity contribution in [2.24, 2.45) is 0 Å². The van der Waals surface area contributed by atoms with Crippen LogP contribution in [0.25, 0.3) is 0 Å². The van der Waals surface area contributed by atoms with Crippen molar-refractivity contribution in [2.45, 2.75) is 43.9 Å². The van der Waals surface area contributed by atoms with Crippen molar-refractivity contribution in [1.29, 1.82) is 0 Å². The zero-order valence-electron chi connectivity index (χ0n) is 9.37. The monoisotopic (exact) mass is 236 g/mol. The molecule has 0 aromatic heterocycles. The maximum Gasteiger partial charge on any atom is 0.219 e. The van der Waals surface area contributed by atoms with Crippen molar-refractivity contribution in [3.63, 3.8) is 0 Å². The van der Waals surface area contributed by atoms with E-state index in [1.165, 1.54) is 0 Å². The van der Waals surface area contributed by atoms with Gasteiger partial charge in [0.1, 0.15) is 24.9 Å². The van der Waals surface area contributed by atoms with Gasteiger partial charge < -0.3 is 29.9 Å². The van der Waals surface area contributed by atoms with E-state index in [9.17, 15) is 20.4 Å². The zero-order valence-corrected chi connectivity index (χ0v) is 9.37. The highest BCUT2D eigenvalue weighted by Crippen LogP contribution is 2.24. The predicted octanol–water partition coefficient (Wildman–Crippen LogP) is -1.40. The van der Waals surface area contributed by atoms with E-state index in [0.717, 1.165) is 12.8 Å². The van der Waals surface area contributed by atoms with E-state index in [2.05, 4.69) is 0 Å². The summed E-state index contributed by atoms with van der Waals surface area (Å²) >= 11 is 0. The third-order valence-corrected chi connectivity index (χ3v) is 2.64. The van der Waals surface area contributed by atoms with Gasteiger partial charge in [-0.05, 0) is 6.42 Å². The Balaban J connectivity index is 2.43. The summed E-state index contributed by atoms with van der Waals surface area (Å²) in [5.41, 5.74) is 0. The first kappa shape index (κ1) is 13.8. The fraction of sp³-hybridized carbons (Fsp3) is 1.00. The number of hydrogen-bond donors (Lipinski definition) is 4. The molecular weight excluding hydrogens is 216 g/mol. The summed E-state index contributed by atoms with van der Waals surface area (Å²) in [7, 11) is 0. The van der Waals surface area contributed by atoms with Crippen molar-refractivity contribution in [3.8, 4) is 0 Å². The Morgan fingerprint density at radius 2 is 2.06 bits per heavy atom. The van der Waals surface area contributed by atoms with E-state index in [-0.39, 0.29) is 13.2 Å². The molecule has 0 radical (unpaired) electrons. The molecule has 96 valence electrons. The maximum atomic E-state index is 9.86. The average Bonchev–Trinajstić information content (AvgIpc) is 2.28. The minimum absolute atomic E-state index is 0.224. The number of aliphatic hydroxyl groups is 4. The molecule has 0 unspecified atom stereocenters. The highest BCUT2D eigenvalue weighted by atomic mass is 16.7. The van der Waals surface area contributed by atoms with Crippen molar-refractivity contribution in [3.05, 3.63) is 0 Å². The molecule has 1 aliphatic rings. The summed E-state index contributed by atoms with van der Waals surface area (Å²) < 4.78 is 10.1. The molecule has 0 saturated carbocycles. The number of hydrogen-bond acceptors (Lipinski definition) is 6. The standard InChI is InChI=1S/C10H20O6/c1-2-3-4-15-6-10(14)9(13)8(12)7(11)5-16-10/h7-9,11-14H,2-6H2,1H3/t7-,8+,9-,10+/m0/s1. The molecule has 1 rings (SSSR count). The van der Waals surface area contributed by atoms with Crippen LogP contribution in [0.1, 0.15) is 19.8 Å². The Morgan fingerprint density at radius 1 is 1.38 bits per heavy atom. The van der Waals surface area contributed by atoms with Gasteiger partial charge in [-0.2, -0.15) is 0 Å². The molecule has 6 nitrogen and oxygen atoms in total. The van der Waals surface area contributed by atoms with Crippen LogP contribution in [0.5, 0.6) is 0 Å². The normalized spacial score (nSPS) is 39.9. The van der Waals surface area contributed by atoms with Gasteiger partial charge in [-0.1, -0.05) is 13.3 Å². The second-order valence-electron chi connectivity index (χ2n) is 4.06. The SMILES string of the molecule is CCCCOC[C@@]1(O)OC[C@H](O)[C@@H](O)[C@@H]1O. The molecule has 0 aliphatic carbocycles. The Kier molecular flexibility index (Phi) is 5.10. The van der Waals surface area contributed by atoms with Crippen molar-refractivity contribution < 1.29 is 29.9 Å². The van der Waals surface area contributed by atoms with E-state index in [4.69, 9.17) is 9.47 Å². The lowest BCUT2D eigenvalue weighted by Gasteiger charge is -2.41. The van der Waals surface area contributed by atoms with Gasteiger partial charge in [-0.3, -0.25) is 0 Å². The molecule has 1 fully saturated rings. The second-order valence-corrected chi connectivity index (χ2v) is 4.06. The Bertz CT molecular complexity index is 211. The molecule has 6 heteroatoms. The maximum absolute atomic E-state index is 9.86. The van der Waals surface area contributed by atoms with Crippen molar-refractivity contribution in [2.75, 3.05) is 19.8 Å². The summed E-state index contributed by atoms with van der Waals surface area (Å²) in [6.07, 6.45) is -2.38. The lowest BCUT2D eigenvalue weighted by atomic mass is 9.97. The minimum Gasteiger partial charge on any atom is -0.388 e. The molecule has 0 aromatic rings. The van der Waals surface area contributed by atoms with Gasteiger partial charge in [0.25, 0.3) is 0 Å². The highest BCUT2D eigenvalue weighted by Gasteiger charge is 2.48. The van der Waals surface area contributed by atoms with E-state index in [0.29, 0.717) is 6.61 Å². The van der Waals surface area contributed by atoms with Crippen LogP contribution in [-0.2, 0) is 9.47 Å². The lowest BCUT2D eigenvalue weighted by Crippen LogP contribution is -2.62. The van der Waals surface area contributed by atoms with Crippen LogP contribution in [0.4, 0.5) is 0 Å². The van der Waals surface area contributed by atoms with Crippen LogP contribution >= 0.6 is 0 Å². The molecule has 1 saturated heterocycles. The lowest BCUT2D eigenvalue weighted by molar-refractivity contribution is -0.335. The topological polar surface area (TPSA) is 99.4 Å². The van der Waals surface area contributed by atoms with E-state index >= 15 is 0 Å². The molecule has 1 heterocycles. The zero-order chi connectivity index (χ0) is 12.2. The summed E-state index contributed by atoms with van der Waals surface area (Å²) in [6.45, 7) is 2.00. The summed E-state index contributed by atoms with van der Waals surface area (Å²) in [5, 5.41) is 38.0. The molecule has 0 spiro atoms. The van der Waals surface area contributed by atoms with Gasteiger partial charge in [0.2, 0.25) is 5.79 Å². The van der Waals surface area contributed by atoms with E-state index in [1.54, 1.807) is 0 Å². The van der Waals surface area contributed by atoms with Crippen LogP contribution in [-0.4, -0.2) is 64.3 Å². The first-order chi connectivity index (χ1) is 7.51. The van der Waals surface area contributed by atoms with Crippen LogP contribution in [0.15, 0.2) is 0 Å². The van der Waals surface area contributed by atoms with Gasteiger partial charge in [0, 0.05) is 6.61 Å². The van der Waals surface area contributed by atoms with Crippen molar-refractivity contribution >= 4 is 0 Å². The van der Waals surface area contributed by atoms with Crippen LogP contribution in [0, 0.1) is 0 Å². The Morgan fingerprint density at radius 3 is 2.69 bits per heavy atom. The molecule has 16 heavy (non-hydrogen) atoms. The number of ether oxygens (including phenoxy) is 2. The smallest absolute Gasteiger partial charge is 0.219 e. The third kappa shape index (κ3) is 3.13. The van der Waals surface area contributed by atoms with E-state index < -0.39 is 24.1 Å². The Hall–Kier alpha value is -0.240. The number of aliphatic hydroxyl groups excluding tert-OH is 3. The van der Waals surface area contributed by atoms with Gasteiger partial charge in [0.05, 0.1) is 6.61 Å². The first-order valence-corrected chi connectivity index (χ1v) is 5.49. The van der Waals surface area contributed by atoms with Gasteiger partial charge in [-0.15, -0.1) is 0 Å². The molecular formula is C10H20O6. The second kappa shape index (κ2) is 5.90. The van der Waals surface area contributed by atoms with E-state index in [1.807, 2.05) is 6.92 Å². The fourth-order valence-electron chi connectivity index (χ4n) is 1.48. The largest absolute Gasteiger partial charge is 0.388 e. The van der Waals surface area contributed by atoms with Crippen LogP contribution in [0.2, 0.25) is 0 Å². The average molecular weight is 236 g/mol. The highest BCUT2D eigenvalue weighted by molar-refractivity contribution is 4.91. The number of unbranched alkanes of at least 4 members (excludes halogenated alkanes) is 1. The number of rotatable bonds is 5. The van der Waals surface area contributed by atoms with Gasteiger partial charge in [-0.25, -0.2) is 0 Å². The predicted molar refractivity (Wildman–Crippen MR) is 54.6 cm³/mol. The molecule has 4 N–H and O–H groups in total. The Labute approximate surface area is 94.4 Å². The first-order valence-electron chi connectivity index (χ1n) is 5.49. The van der Waals surface area contributed by atoms with Crippen LogP contribution in [0.3, 0.4) is 0 Å². The molecule has 0 aromatic carbocycles. The summed E-state index contributed by atoms with van der Waals surface area (Å²) in [4.78, 5) is 0. The fourth-order valence-corrected chi connectivity index (χ4v) is 1.48. The van der Waals surface area contributed by atoms with Crippen LogP contribution < -0.4 is 0 Å². The van der Waals surface area contributed by atoms with Gasteiger partial charge in [0.15, 0.2) is 0 Å². The molecule has 4 atom stereocenters.